The molecule has 1 aromatic heterocycles. The van der Waals surface area contributed by atoms with Crippen molar-refractivity contribution in [2.75, 3.05) is 30.0 Å². The monoisotopic (exact) mass is 932 g/mol. The standard InChI is InChI=1S/C55H45FN8O6/c1-3-69-48(66)35-70-47-32-16-14-29-43(47)46(65)34-63-50-36(2)19-17-30-44(50)49(42-28-13-15-31-45(42)56)58-51(53(63)67)59-54(68)57-41-27-18-20-37(33-41)52-60-61-62-64(52)55(38-21-7-4-8-22-38,39-23-9-5-10-24-39)40-25-11-6-12-26-40/h4-33,51H,3,34-35H2,1-2H3,(H2,57,59,68)/t51-/m0/s1. The quantitative estimate of drug-likeness (QED) is 0.0580. The number of nitrogens with one attached hydrogen (secondary N) is 2. The Hall–Kier alpha value is -9.11. The predicted octanol–water partition coefficient (Wildman–Crippen LogP) is 8.78. The molecule has 0 aliphatic carbocycles. The first kappa shape index (κ1) is 46.0. The average Bonchev–Trinajstić information content (AvgIpc) is 3.84. The molecule has 1 aliphatic rings. The van der Waals surface area contributed by atoms with Gasteiger partial charge >= 0.3 is 12.0 Å². The molecule has 0 saturated carbocycles. The summed E-state index contributed by atoms with van der Waals surface area (Å²) < 4.78 is 28.2. The summed E-state index contributed by atoms with van der Waals surface area (Å²) >= 11 is 0. The largest absolute Gasteiger partial charge is 0.481 e. The third kappa shape index (κ3) is 9.15. The minimum atomic E-state index is -1.66. The van der Waals surface area contributed by atoms with Crippen molar-refractivity contribution in [3.05, 3.63) is 227 Å². The number of aryl methyl sites for hydroxylation is 1. The van der Waals surface area contributed by atoms with Crippen LogP contribution in [0.25, 0.3) is 11.4 Å². The summed E-state index contributed by atoms with van der Waals surface area (Å²) in [4.78, 5) is 61.7. The number of benzene rings is 7. The van der Waals surface area contributed by atoms with Crippen LogP contribution in [0.1, 0.15) is 50.7 Å². The van der Waals surface area contributed by atoms with E-state index in [2.05, 4.69) is 26.2 Å². The number of ether oxygens (including phenoxy) is 2. The number of aliphatic imine (C=N–C) groups is 1. The molecule has 9 rings (SSSR count). The van der Waals surface area contributed by atoms with Crippen molar-refractivity contribution in [2.45, 2.75) is 25.6 Å². The number of benzodiazepines with no additional fused rings is 1. The number of urea groups is 1. The van der Waals surface area contributed by atoms with Gasteiger partial charge in [-0.15, -0.1) is 5.10 Å². The van der Waals surface area contributed by atoms with Crippen molar-refractivity contribution in [3.8, 4) is 17.1 Å². The lowest BCUT2D eigenvalue weighted by molar-refractivity contribution is -0.145. The molecule has 0 bridgehead atoms. The highest BCUT2D eigenvalue weighted by Crippen LogP contribution is 2.42. The molecule has 15 heteroatoms. The van der Waals surface area contributed by atoms with Gasteiger partial charge in [0.25, 0.3) is 5.91 Å². The zero-order valence-corrected chi connectivity index (χ0v) is 38.0. The molecule has 1 aliphatic heterocycles. The Balaban J connectivity index is 1.06. The number of esters is 1. The molecule has 0 unspecified atom stereocenters. The molecule has 7 aromatic carbocycles. The number of carbonyl (C=O) groups is 4. The number of halogens is 1. The lowest BCUT2D eigenvalue weighted by Gasteiger charge is -2.36. The Kier molecular flexibility index (Phi) is 13.4. The molecule has 0 spiro atoms. The maximum Gasteiger partial charge on any atom is 0.344 e. The van der Waals surface area contributed by atoms with Crippen LogP contribution in [-0.4, -0.2) is 75.5 Å². The van der Waals surface area contributed by atoms with Crippen LogP contribution in [0.2, 0.25) is 0 Å². The second-order valence-corrected chi connectivity index (χ2v) is 16.2. The molecule has 2 N–H and O–H groups in total. The summed E-state index contributed by atoms with van der Waals surface area (Å²) in [5, 5.41) is 18.9. The number of Topliss-reactive ketones (excluding diaryl/α,β-unsaturated/α-hetero) is 1. The van der Waals surface area contributed by atoms with Gasteiger partial charge in [0.1, 0.15) is 17.1 Å². The maximum atomic E-state index is 15.8. The number of tetrazole rings is 1. The van der Waals surface area contributed by atoms with Crippen LogP contribution >= 0.6 is 0 Å². The number of hydrogen-bond acceptors (Lipinski definition) is 10. The highest BCUT2D eigenvalue weighted by molar-refractivity contribution is 6.22. The minimum absolute atomic E-state index is 0.0725. The summed E-state index contributed by atoms with van der Waals surface area (Å²) in [5.74, 6) is -2.06. The van der Waals surface area contributed by atoms with Crippen molar-refractivity contribution in [1.82, 2.24) is 25.5 Å². The summed E-state index contributed by atoms with van der Waals surface area (Å²) in [6.07, 6.45) is -1.66. The van der Waals surface area contributed by atoms with Gasteiger partial charge < -0.3 is 25.0 Å². The van der Waals surface area contributed by atoms with E-state index >= 15 is 4.39 Å². The van der Waals surface area contributed by atoms with Gasteiger partial charge in [0.05, 0.1) is 30.1 Å². The van der Waals surface area contributed by atoms with Crippen LogP contribution in [-0.2, 0) is 19.9 Å². The number of anilines is 2. The Morgan fingerprint density at radius 1 is 0.729 bits per heavy atom. The van der Waals surface area contributed by atoms with Crippen LogP contribution in [0.3, 0.4) is 0 Å². The SMILES string of the molecule is CCOC(=O)COc1ccccc1C(=O)CN1C(=O)[C@H](NC(=O)Nc2cccc(-c3nnnn3C(c3ccccc3)(c3ccccc3)c3ccccc3)c2)N=C(c2ccccc2F)c2cccc(C)c21. The number of rotatable bonds is 15. The number of fused-ring (bicyclic) bond motifs is 1. The minimum Gasteiger partial charge on any atom is -0.481 e. The van der Waals surface area contributed by atoms with Gasteiger partial charge in [-0.1, -0.05) is 146 Å². The molecule has 1 atom stereocenters. The van der Waals surface area contributed by atoms with Gasteiger partial charge in [0.2, 0.25) is 6.17 Å². The van der Waals surface area contributed by atoms with E-state index in [9.17, 15) is 19.2 Å². The molecule has 2 heterocycles. The summed E-state index contributed by atoms with van der Waals surface area (Å²) in [5.41, 5.74) is 4.00. The van der Waals surface area contributed by atoms with Crippen molar-refractivity contribution in [1.29, 1.82) is 0 Å². The molecule has 14 nitrogen and oxygen atoms in total. The smallest absolute Gasteiger partial charge is 0.344 e. The second kappa shape index (κ2) is 20.4. The molecular weight excluding hydrogens is 888 g/mol. The first-order valence-corrected chi connectivity index (χ1v) is 22.5. The van der Waals surface area contributed by atoms with Gasteiger partial charge in [-0.3, -0.25) is 9.59 Å². The van der Waals surface area contributed by atoms with E-state index in [1.807, 2.05) is 97.1 Å². The molecule has 0 radical (unpaired) electrons. The molecular formula is C55H45FN8O6. The first-order chi connectivity index (χ1) is 34.2. The van der Waals surface area contributed by atoms with Gasteiger partial charge in [-0.05, 0) is 82.9 Å². The summed E-state index contributed by atoms with van der Waals surface area (Å²) in [6.45, 7) is 2.59. The van der Waals surface area contributed by atoms with E-state index in [1.54, 1.807) is 73.1 Å². The number of carbonyl (C=O) groups excluding carboxylic acids is 4. The summed E-state index contributed by atoms with van der Waals surface area (Å²) in [6, 6.07) is 53.4. The third-order valence-electron chi connectivity index (χ3n) is 11.8. The Morgan fingerprint density at radius 2 is 1.34 bits per heavy atom. The number of aromatic nitrogens is 4. The fraction of sp³-hybridized carbons (Fsp3) is 0.127. The number of hydrogen-bond donors (Lipinski definition) is 2. The lowest BCUT2D eigenvalue weighted by atomic mass is 9.77. The topological polar surface area (TPSA) is 170 Å². The van der Waals surface area contributed by atoms with Crippen molar-refractivity contribution >= 4 is 40.8 Å². The highest BCUT2D eigenvalue weighted by atomic mass is 19.1. The van der Waals surface area contributed by atoms with Crippen molar-refractivity contribution < 1.29 is 33.0 Å². The van der Waals surface area contributed by atoms with Crippen LogP contribution in [0.15, 0.2) is 187 Å². The maximum absolute atomic E-state index is 15.8. The van der Waals surface area contributed by atoms with Gasteiger partial charge in [-0.25, -0.2) is 23.7 Å². The fourth-order valence-corrected chi connectivity index (χ4v) is 8.76. The highest BCUT2D eigenvalue weighted by Gasteiger charge is 2.42. The lowest BCUT2D eigenvalue weighted by Crippen LogP contribution is -2.50. The first-order valence-electron chi connectivity index (χ1n) is 22.5. The Bertz CT molecular complexity index is 3140. The van der Waals surface area contributed by atoms with E-state index in [-0.39, 0.29) is 29.2 Å². The molecule has 348 valence electrons. The normalized spacial score (nSPS) is 13.4. The fourth-order valence-electron chi connectivity index (χ4n) is 8.76. The van der Waals surface area contributed by atoms with E-state index in [1.165, 1.54) is 35.2 Å². The van der Waals surface area contributed by atoms with E-state index in [4.69, 9.17) is 14.5 Å². The van der Waals surface area contributed by atoms with Gasteiger partial charge in [0, 0.05) is 22.4 Å². The number of nitrogens with zero attached hydrogens (tertiary/aromatic N) is 6. The number of ketones is 1. The van der Waals surface area contributed by atoms with Crippen LogP contribution in [0.4, 0.5) is 20.6 Å². The molecule has 70 heavy (non-hydrogen) atoms. The van der Waals surface area contributed by atoms with Crippen LogP contribution < -0.4 is 20.3 Å². The molecule has 0 saturated heterocycles. The van der Waals surface area contributed by atoms with Gasteiger partial charge in [0.15, 0.2) is 18.2 Å². The van der Waals surface area contributed by atoms with Crippen molar-refractivity contribution in [3.63, 3.8) is 0 Å². The van der Waals surface area contributed by atoms with E-state index in [0.717, 1.165) is 16.7 Å². The average molecular weight is 933 g/mol. The van der Waals surface area contributed by atoms with Crippen LogP contribution in [0.5, 0.6) is 5.75 Å². The third-order valence-corrected chi connectivity index (χ3v) is 11.8. The van der Waals surface area contributed by atoms with Gasteiger partial charge in [-0.2, -0.15) is 0 Å². The number of para-hydroxylation sites is 2. The van der Waals surface area contributed by atoms with E-state index < -0.39 is 54.4 Å². The Morgan fingerprint density at radius 3 is 2.01 bits per heavy atom. The Labute approximate surface area is 402 Å². The van der Waals surface area contributed by atoms with Crippen LogP contribution in [0, 0.1) is 12.7 Å². The van der Waals surface area contributed by atoms with E-state index in [0.29, 0.717) is 33.9 Å². The zero-order chi connectivity index (χ0) is 48.6. The second-order valence-electron chi connectivity index (χ2n) is 16.2. The molecule has 8 aromatic rings. The van der Waals surface area contributed by atoms with Crippen molar-refractivity contribution in [2.24, 2.45) is 4.99 Å². The molecule has 3 amide bonds. The molecule has 0 fully saturated rings. The summed E-state index contributed by atoms with van der Waals surface area (Å²) in [7, 11) is 0. The predicted molar refractivity (Wildman–Crippen MR) is 262 cm³/mol. The zero-order valence-electron chi connectivity index (χ0n) is 38.0. The number of amides is 3.